The van der Waals surface area contributed by atoms with Crippen molar-refractivity contribution in [1.29, 1.82) is 0 Å². The standard InChI is InChI=1S/C31H30ClN3O9/c32-19-4-10-25(23(33)18-19)44-21-7-5-20(6-8-21)42-16-14-40-12-13-41-15-17-43-26-3-1-2-22-28(26)31(39)35(30(22)38)24-9-11-27(36)34-29(24)37/h1-8,10,18,24H,9,11-17,33H2,(H,34,36,37). The maximum absolute atomic E-state index is 13.1. The van der Waals surface area contributed by atoms with Crippen LogP contribution in [0.4, 0.5) is 5.69 Å². The molecule has 44 heavy (non-hydrogen) atoms. The van der Waals surface area contributed by atoms with Crippen LogP contribution in [0.5, 0.6) is 23.0 Å². The number of halogens is 1. The van der Waals surface area contributed by atoms with E-state index < -0.39 is 29.7 Å². The maximum atomic E-state index is 13.1. The van der Waals surface area contributed by atoms with E-state index in [-0.39, 0.29) is 42.9 Å². The van der Waals surface area contributed by atoms with Gasteiger partial charge in [0.1, 0.15) is 42.3 Å². The van der Waals surface area contributed by atoms with E-state index in [4.69, 9.17) is 41.0 Å². The van der Waals surface area contributed by atoms with Gasteiger partial charge in [0.2, 0.25) is 11.8 Å². The molecule has 4 amide bonds. The second-order valence-corrected chi connectivity index (χ2v) is 10.2. The third kappa shape index (κ3) is 7.28. The zero-order valence-electron chi connectivity index (χ0n) is 23.6. The van der Waals surface area contributed by atoms with Crippen LogP contribution in [0, 0.1) is 0 Å². The Morgan fingerprint density at radius 1 is 0.795 bits per heavy atom. The highest BCUT2D eigenvalue weighted by Gasteiger charge is 2.46. The Kier molecular flexibility index (Phi) is 9.95. The Bertz CT molecular complexity index is 1550. The molecule has 2 heterocycles. The van der Waals surface area contributed by atoms with Gasteiger partial charge in [-0.3, -0.25) is 29.4 Å². The van der Waals surface area contributed by atoms with Crippen molar-refractivity contribution in [2.75, 3.05) is 45.4 Å². The van der Waals surface area contributed by atoms with Crippen molar-refractivity contribution in [3.05, 3.63) is 76.8 Å². The van der Waals surface area contributed by atoms with Gasteiger partial charge < -0.3 is 29.4 Å². The lowest BCUT2D eigenvalue weighted by molar-refractivity contribution is -0.136. The van der Waals surface area contributed by atoms with Crippen molar-refractivity contribution in [1.82, 2.24) is 10.2 Å². The maximum Gasteiger partial charge on any atom is 0.266 e. The fourth-order valence-corrected chi connectivity index (χ4v) is 4.88. The lowest BCUT2D eigenvalue weighted by atomic mass is 10.0. The average Bonchev–Trinajstić information content (AvgIpc) is 3.26. The number of carbonyl (C=O) groups excluding carboxylic acids is 4. The van der Waals surface area contributed by atoms with Crippen molar-refractivity contribution in [3.63, 3.8) is 0 Å². The molecule has 1 saturated heterocycles. The first-order valence-electron chi connectivity index (χ1n) is 13.9. The van der Waals surface area contributed by atoms with Crippen LogP contribution in [0.25, 0.3) is 0 Å². The van der Waals surface area contributed by atoms with Gasteiger partial charge in [0.05, 0.1) is 43.2 Å². The van der Waals surface area contributed by atoms with Gasteiger partial charge in [0.15, 0.2) is 0 Å². The number of nitrogens with two attached hydrogens (primary N) is 1. The summed E-state index contributed by atoms with van der Waals surface area (Å²) < 4.78 is 28.2. The number of nitrogens with zero attached hydrogens (tertiary/aromatic N) is 1. The second-order valence-electron chi connectivity index (χ2n) is 9.80. The summed E-state index contributed by atoms with van der Waals surface area (Å²) in [6.07, 6.45) is 0.132. The number of anilines is 1. The smallest absolute Gasteiger partial charge is 0.266 e. The van der Waals surface area contributed by atoms with Crippen LogP contribution < -0.4 is 25.3 Å². The Morgan fingerprint density at radius 3 is 2.18 bits per heavy atom. The Labute approximate surface area is 257 Å². The number of imide groups is 2. The lowest BCUT2D eigenvalue weighted by Gasteiger charge is -2.27. The monoisotopic (exact) mass is 623 g/mol. The molecule has 1 fully saturated rings. The molecule has 3 N–H and O–H groups in total. The first kappa shape index (κ1) is 30.8. The average molecular weight is 624 g/mol. The van der Waals surface area contributed by atoms with Crippen LogP contribution in [-0.4, -0.2) is 74.2 Å². The molecule has 2 aliphatic heterocycles. The number of amides is 4. The molecule has 5 rings (SSSR count). The van der Waals surface area contributed by atoms with Gasteiger partial charge in [-0.1, -0.05) is 17.7 Å². The summed E-state index contributed by atoms with van der Waals surface area (Å²) in [5.74, 6) is -0.309. The molecule has 0 radical (unpaired) electrons. The number of piperidine rings is 1. The molecule has 1 atom stereocenters. The number of benzene rings is 3. The Balaban J connectivity index is 0.967. The number of fused-ring (bicyclic) bond motifs is 1. The van der Waals surface area contributed by atoms with Gasteiger partial charge in [-0.05, 0) is 61.0 Å². The first-order chi connectivity index (χ1) is 21.3. The van der Waals surface area contributed by atoms with Gasteiger partial charge in [-0.15, -0.1) is 0 Å². The molecule has 230 valence electrons. The number of nitrogens with one attached hydrogen (secondary N) is 1. The lowest BCUT2D eigenvalue weighted by Crippen LogP contribution is -2.54. The molecule has 12 nitrogen and oxygen atoms in total. The summed E-state index contributed by atoms with van der Waals surface area (Å²) in [5.41, 5.74) is 6.61. The summed E-state index contributed by atoms with van der Waals surface area (Å²) in [6.45, 7) is 1.71. The number of carbonyl (C=O) groups is 4. The van der Waals surface area contributed by atoms with Gasteiger partial charge in [0, 0.05) is 11.4 Å². The van der Waals surface area contributed by atoms with Crippen LogP contribution in [0.3, 0.4) is 0 Å². The Hall–Kier alpha value is -4.65. The molecule has 3 aromatic carbocycles. The van der Waals surface area contributed by atoms with E-state index in [0.717, 1.165) is 4.90 Å². The van der Waals surface area contributed by atoms with Crippen molar-refractivity contribution >= 4 is 40.9 Å². The van der Waals surface area contributed by atoms with E-state index >= 15 is 0 Å². The molecular weight excluding hydrogens is 594 g/mol. The molecule has 13 heteroatoms. The third-order valence-corrected chi connectivity index (χ3v) is 7.04. The minimum atomic E-state index is -1.04. The third-order valence-electron chi connectivity index (χ3n) is 6.81. The first-order valence-corrected chi connectivity index (χ1v) is 14.3. The number of ether oxygens (including phenoxy) is 5. The summed E-state index contributed by atoms with van der Waals surface area (Å²) in [4.78, 5) is 50.6. The van der Waals surface area contributed by atoms with Crippen LogP contribution in [0.2, 0.25) is 5.02 Å². The SMILES string of the molecule is Nc1cc(Cl)ccc1Oc1ccc(OCCOCCOCCOc2cccc3c2C(=O)N(C2CCC(=O)NC2=O)C3=O)cc1. The molecule has 0 aromatic heterocycles. The van der Waals surface area contributed by atoms with E-state index in [1.165, 1.54) is 6.07 Å². The van der Waals surface area contributed by atoms with Crippen LogP contribution in [-0.2, 0) is 19.1 Å². The fraction of sp³-hybridized carbons (Fsp3) is 0.290. The van der Waals surface area contributed by atoms with Gasteiger partial charge in [0.25, 0.3) is 11.8 Å². The zero-order chi connectivity index (χ0) is 31.1. The summed E-state index contributed by atoms with van der Waals surface area (Å²) in [5, 5.41) is 2.71. The molecule has 2 aliphatic rings. The Morgan fingerprint density at radius 2 is 1.48 bits per heavy atom. The van der Waals surface area contributed by atoms with E-state index in [9.17, 15) is 19.2 Å². The van der Waals surface area contributed by atoms with Gasteiger partial charge >= 0.3 is 0 Å². The summed E-state index contributed by atoms with van der Waals surface area (Å²) in [6, 6.07) is 15.8. The minimum absolute atomic E-state index is 0.0495. The summed E-state index contributed by atoms with van der Waals surface area (Å²) in [7, 11) is 0. The zero-order valence-corrected chi connectivity index (χ0v) is 24.3. The van der Waals surface area contributed by atoms with Gasteiger partial charge in [-0.2, -0.15) is 0 Å². The predicted molar refractivity (Wildman–Crippen MR) is 158 cm³/mol. The molecular formula is C31H30ClN3O9. The number of nitrogen functional groups attached to an aromatic ring is 1. The molecule has 0 saturated carbocycles. The number of hydrogen-bond donors (Lipinski definition) is 2. The number of hydrogen-bond acceptors (Lipinski definition) is 10. The molecule has 1 unspecified atom stereocenters. The van der Waals surface area contributed by atoms with Gasteiger partial charge in [-0.25, -0.2) is 0 Å². The number of rotatable bonds is 14. The predicted octanol–water partition coefficient (Wildman–Crippen LogP) is 3.61. The molecule has 0 aliphatic carbocycles. The topological polar surface area (TPSA) is 156 Å². The second kappa shape index (κ2) is 14.2. The highest BCUT2D eigenvalue weighted by Crippen LogP contribution is 2.34. The van der Waals surface area contributed by atoms with Crippen LogP contribution in [0.15, 0.2) is 60.7 Å². The summed E-state index contributed by atoms with van der Waals surface area (Å²) >= 11 is 5.91. The molecule has 0 spiro atoms. The van der Waals surface area contributed by atoms with Crippen LogP contribution >= 0.6 is 11.6 Å². The quantitative estimate of drug-likeness (QED) is 0.154. The van der Waals surface area contributed by atoms with Crippen molar-refractivity contribution in [3.8, 4) is 23.0 Å². The van der Waals surface area contributed by atoms with E-state index in [0.29, 0.717) is 54.4 Å². The van der Waals surface area contributed by atoms with Crippen molar-refractivity contribution in [2.45, 2.75) is 18.9 Å². The van der Waals surface area contributed by atoms with E-state index in [1.54, 1.807) is 54.6 Å². The molecule has 3 aromatic rings. The minimum Gasteiger partial charge on any atom is -0.491 e. The van der Waals surface area contributed by atoms with E-state index in [1.807, 2.05) is 0 Å². The van der Waals surface area contributed by atoms with E-state index in [2.05, 4.69) is 5.32 Å². The van der Waals surface area contributed by atoms with Crippen LogP contribution in [0.1, 0.15) is 33.6 Å². The largest absolute Gasteiger partial charge is 0.491 e. The molecule has 0 bridgehead atoms. The fourth-order valence-electron chi connectivity index (χ4n) is 4.70. The normalized spacial score (nSPS) is 16.1. The highest BCUT2D eigenvalue weighted by atomic mass is 35.5. The highest BCUT2D eigenvalue weighted by molar-refractivity contribution is 6.31. The van der Waals surface area contributed by atoms with Crippen molar-refractivity contribution in [2.24, 2.45) is 0 Å². The van der Waals surface area contributed by atoms with Crippen molar-refractivity contribution < 1.29 is 42.9 Å².